The fourth-order valence-electron chi connectivity index (χ4n) is 2.48. The van der Waals surface area contributed by atoms with Crippen LogP contribution in [0.2, 0.25) is 0 Å². The quantitative estimate of drug-likeness (QED) is 0.860. The maximum atomic E-state index is 13.3. The van der Waals surface area contributed by atoms with Gasteiger partial charge in [0, 0.05) is 12.8 Å². The van der Waals surface area contributed by atoms with Gasteiger partial charge in [0.05, 0.1) is 12.6 Å². The summed E-state index contributed by atoms with van der Waals surface area (Å²) in [4.78, 5) is 13.1. The molecule has 1 aliphatic heterocycles. The van der Waals surface area contributed by atoms with Crippen LogP contribution in [0, 0.1) is 17.1 Å². The molecule has 0 spiro atoms. The first-order valence-electron chi connectivity index (χ1n) is 6.65. The van der Waals surface area contributed by atoms with E-state index < -0.39 is 30.8 Å². The number of alkyl halides is 2. The summed E-state index contributed by atoms with van der Waals surface area (Å²) in [7, 11) is 0. The lowest BCUT2D eigenvalue weighted by Crippen LogP contribution is -2.36. The van der Waals surface area contributed by atoms with Crippen molar-refractivity contribution in [2.24, 2.45) is 0 Å². The molecule has 0 radical (unpaired) electrons. The largest absolute Gasteiger partial charge is 0.320 e. The molecule has 2 unspecified atom stereocenters. The topological polar surface area (TPSA) is 44.1 Å². The van der Waals surface area contributed by atoms with Gasteiger partial charge in [-0.05, 0) is 23.6 Å². The van der Waals surface area contributed by atoms with Crippen LogP contribution in [0.15, 0.2) is 24.3 Å². The molecule has 0 aromatic heterocycles. The SMILES string of the molecule is CC(CC(=O)N1CC(F)(F)CC1C#N)c1ccc(F)cc1. The van der Waals surface area contributed by atoms with Crippen LogP contribution in [0.25, 0.3) is 0 Å². The van der Waals surface area contributed by atoms with Gasteiger partial charge in [0.25, 0.3) is 5.92 Å². The minimum Gasteiger partial charge on any atom is -0.320 e. The second-order valence-corrected chi connectivity index (χ2v) is 5.38. The summed E-state index contributed by atoms with van der Waals surface area (Å²) >= 11 is 0. The summed E-state index contributed by atoms with van der Waals surface area (Å²) < 4.78 is 39.5. The Morgan fingerprint density at radius 3 is 2.67 bits per heavy atom. The van der Waals surface area contributed by atoms with Crippen LogP contribution in [0.4, 0.5) is 13.2 Å². The van der Waals surface area contributed by atoms with Crippen molar-refractivity contribution in [2.45, 2.75) is 37.6 Å². The Labute approximate surface area is 121 Å². The Morgan fingerprint density at radius 1 is 1.48 bits per heavy atom. The molecular weight excluding hydrogens is 281 g/mol. The van der Waals surface area contributed by atoms with E-state index in [9.17, 15) is 18.0 Å². The van der Waals surface area contributed by atoms with Gasteiger partial charge in [-0.3, -0.25) is 4.79 Å². The Kier molecular flexibility index (Phi) is 4.21. The van der Waals surface area contributed by atoms with Gasteiger partial charge in [0.2, 0.25) is 5.91 Å². The van der Waals surface area contributed by atoms with Crippen LogP contribution in [-0.4, -0.2) is 29.3 Å². The van der Waals surface area contributed by atoms with Gasteiger partial charge in [-0.1, -0.05) is 19.1 Å². The zero-order chi connectivity index (χ0) is 15.6. The molecule has 6 heteroatoms. The number of halogens is 3. The number of carbonyl (C=O) groups is 1. The van der Waals surface area contributed by atoms with Crippen molar-refractivity contribution in [3.8, 4) is 6.07 Å². The minimum atomic E-state index is -3.00. The van der Waals surface area contributed by atoms with Gasteiger partial charge in [-0.15, -0.1) is 0 Å². The van der Waals surface area contributed by atoms with Crippen LogP contribution < -0.4 is 0 Å². The van der Waals surface area contributed by atoms with Crippen LogP contribution >= 0.6 is 0 Å². The Balaban J connectivity index is 2.04. The number of nitriles is 1. The van der Waals surface area contributed by atoms with E-state index in [1.54, 1.807) is 25.1 Å². The van der Waals surface area contributed by atoms with E-state index in [2.05, 4.69) is 0 Å². The van der Waals surface area contributed by atoms with Crippen LogP contribution in [-0.2, 0) is 4.79 Å². The molecule has 0 bridgehead atoms. The van der Waals surface area contributed by atoms with Crippen molar-refractivity contribution < 1.29 is 18.0 Å². The molecule has 1 heterocycles. The average molecular weight is 296 g/mol. The van der Waals surface area contributed by atoms with Crippen LogP contribution in [0.5, 0.6) is 0 Å². The van der Waals surface area contributed by atoms with E-state index in [0.29, 0.717) is 0 Å². The predicted molar refractivity (Wildman–Crippen MR) is 70.1 cm³/mol. The molecule has 1 aromatic carbocycles. The van der Waals surface area contributed by atoms with E-state index in [0.717, 1.165) is 10.5 Å². The van der Waals surface area contributed by atoms with Gasteiger partial charge in [-0.2, -0.15) is 5.26 Å². The van der Waals surface area contributed by atoms with Crippen molar-refractivity contribution in [3.63, 3.8) is 0 Å². The Hall–Kier alpha value is -2.03. The van der Waals surface area contributed by atoms with Gasteiger partial charge in [-0.25, -0.2) is 13.2 Å². The molecule has 1 aliphatic rings. The molecule has 0 N–H and O–H groups in total. The molecule has 1 amide bonds. The first-order chi connectivity index (χ1) is 9.82. The number of likely N-dealkylation sites (tertiary alicyclic amines) is 1. The molecular formula is C15H15F3N2O. The first-order valence-corrected chi connectivity index (χ1v) is 6.65. The standard InChI is InChI=1S/C15H15F3N2O/c1-10(11-2-4-12(16)5-3-11)6-14(21)20-9-15(17,18)7-13(20)8-19/h2-5,10,13H,6-7,9H2,1H3. The third-order valence-corrected chi connectivity index (χ3v) is 3.66. The lowest BCUT2D eigenvalue weighted by atomic mass is 9.97. The van der Waals surface area contributed by atoms with Gasteiger partial charge in [0.15, 0.2) is 0 Å². The van der Waals surface area contributed by atoms with E-state index in [-0.39, 0.29) is 18.2 Å². The fraction of sp³-hybridized carbons (Fsp3) is 0.467. The molecule has 1 aromatic rings. The van der Waals surface area contributed by atoms with Gasteiger partial charge < -0.3 is 4.90 Å². The molecule has 1 fully saturated rings. The highest BCUT2D eigenvalue weighted by Gasteiger charge is 2.47. The second kappa shape index (κ2) is 5.76. The molecule has 1 saturated heterocycles. The first kappa shape index (κ1) is 15.4. The average Bonchev–Trinajstić information content (AvgIpc) is 2.74. The molecule has 3 nitrogen and oxygen atoms in total. The Morgan fingerprint density at radius 2 is 2.10 bits per heavy atom. The highest BCUT2D eigenvalue weighted by molar-refractivity contribution is 5.78. The van der Waals surface area contributed by atoms with Gasteiger partial charge in [0.1, 0.15) is 11.9 Å². The normalized spacial score (nSPS) is 21.9. The molecule has 21 heavy (non-hydrogen) atoms. The van der Waals surface area contributed by atoms with Crippen molar-refractivity contribution in [1.82, 2.24) is 4.90 Å². The number of rotatable bonds is 3. The van der Waals surface area contributed by atoms with Crippen LogP contribution in [0.1, 0.15) is 31.2 Å². The number of carbonyl (C=O) groups excluding carboxylic acids is 1. The minimum absolute atomic E-state index is 0.0138. The smallest absolute Gasteiger partial charge is 0.268 e. The third-order valence-electron chi connectivity index (χ3n) is 3.66. The fourth-order valence-corrected chi connectivity index (χ4v) is 2.48. The summed E-state index contributed by atoms with van der Waals surface area (Å²) in [6.45, 7) is 1.06. The highest BCUT2D eigenvalue weighted by Crippen LogP contribution is 2.33. The molecule has 0 aliphatic carbocycles. The van der Waals surface area contributed by atoms with Gasteiger partial charge >= 0.3 is 0 Å². The van der Waals surface area contributed by atoms with E-state index >= 15 is 0 Å². The second-order valence-electron chi connectivity index (χ2n) is 5.38. The zero-order valence-electron chi connectivity index (χ0n) is 11.5. The van der Waals surface area contributed by atoms with E-state index in [1.807, 2.05) is 0 Å². The molecule has 0 saturated carbocycles. The summed E-state index contributed by atoms with van der Waals surface area (Å²) in [5, 5.41) is 8.88. The van der Waals surface area contributed by atoms with E-state index in [4.69, 9.17) is 5.26 Å². The third kappa shape index (κ3) is 3.54. The number of amides is 1. The van der Waals surface area contributed by atoms with Crippen molar-refractivity contribution in [3.05, 3.63) is 35.6 Å². The Bertz CT molecular complexity index is 565. The number of benzene rings is 1. The molecule has 2 atom stereocenters. The number of hydrogen-bond acceptors (Lipinski definition) is 2. The van der Waals surface area contributed by atoms with Crippen molar-refractivity contribution in [1.29, 1.82) is 5.26 Å². The highest BCUT2D eigenvalue weighted by atomic mass is 19.3. The monoisotopic (exact) mass is 296 g/mol. The van der Waals surface area contributed by atoms with Crippen molar-refractivity contribution >= 4 is 5.91 Å². The summed E-state index contributed by atoms with van der Waals surface area (Å²) in [5.41, 5.74) is 0.754. The van der Waals surface area contributed by atoms with Crippen LogP contribution in [0.3, 0.4) is 0 Å². The summed E-state index contributed by atoms with van der Waals surface area (Å²) in [6.07, 6.45) is -0.597. The lowest BCUT2D eigenvalue weighted by Gasteiger charge is -2.21. The zero-order valence-corrected chi connectivity index (χ0v) is 11.5. The number of nitrogens with zero attached hydrogens (tertiary/aromatic N) is 2. The maximum Gasteiger partial charge on any atom is 0.268 e. The maximum absolute atomic E-state index is 13.3. The summed E-state index contributed by atoms with van der Waals surface area (Å²) in [5.74, 6) is -4.09. The number of hydrogen-bond donors (Lipinski definition) is 0. The van der Waals surface area contributed by atoms with Crippen molar-refractivity contribution in [2.75, 3.05) is 6.54 Å². The summed E-state index contributed by atoms with van der Waals surface area (Å²) in [6, 6.07) is 6.38. The predicted octanol–water partition coefficient (Wildman–Crippen LogP) is 3.08. The molecule has 2 rings (SSSR count). The molecule has 112 valence electrons. The van der Waals surface area contributed by atoms with E-state index in [1.165, 1.54) is 12.1 Å². The lowest BCUT2D eigenvalue weighted by molar-refractivity contribution is -0.132.